The van der Waals surface area contributed by atoms with E-state index in [4.69, 9.17) is 10.1 Å². The van der Waals surface area contributed by atoms with Crippen molar-refractivity contribution in [2.45, 2.75) is 58.9 Å². The van der Waals surface area contributed by atoms with Gasteiger partial charge in [-0.1, -0.05) is 37.0 Å². The van der Waals surface area contributed by atoms with Gasteiger partial charge < -0.3 is 4.57 Å². The highest BCUT2D eigenvalue weighted by Crippen LogP contribution is 2.25. The van der Waals surface area contributed by atoms with Crippen LogP contribution in [0.2, 0.25) is 0 Å². The maximum absolute atomic E-state index is 11.1. The molecule has 2 heterocycles. The van der Waals surface area contributed by atoms with Gasteiger partial charge in [0, 0.05) is 45.7 Å². The Kier molecular flexibility index (Phi) is 7.19. The molecule has 2 aromatic heterocycles. The van der Waals surface area contributed by atoms with Crippen molar-refractivity contribution in [3.63, 3.8) is 0 Å². The Hall–Kier alpha value is -3.78. The third-order valence-corrected chi connectivity index (χ3v) is 7.83. The second-order valence-electron chi connectivity index (χ2n) is 9.68. The van der Waals surface area contributed by atoms with E-state index in [2.05, 4.69) is 55.7 Å². The summed E-state index contributed by atoms with van der Waals surface area (Å²) >= 11 is 1.56. The second-order valence-corrected chi connectivity index (χ2v) is 10.5. The van der Waals surface area contributed by atoms with Gasteiger partial charge in [-0.2, -0.15) is 5.10 Å². The van der Waals surface area contributed by atoms with Crippen molar-refractivity contribution < 1.29 is 4.92 Å². The Morgan fingerprint density at radius 2 is 1.70 bits per heavy atom. The quantitative estimate of drug-likeness (QED) is 0.159. The lowest BCUT2D eigenvalue weighted by molar-refractivity contribution is -0.384. The van der Waals surface area contributed by atoms with Gasteiger partial charge in [-0.15, -0.1) is 11.3 Å². The summed E-state index contributed by atoms with van der Waals surface area (Å²) in [6.07, 6.45) is 7.80. The molecule has 5 rings (SSSR count). The summed E-state index contributed by atoms with van der Waals surface area (Å²) in [5.74, 6) is 0. The molecule has 8 heteroatoms. The molecule has 0 amide bonds. The average Bonchev–Trinajstić information content (AvgIpc) is 3.43. The minimum Gasteiger partial charge on any atom is -0.318 e. The number of rotatable bonds is 6. The van der Waals surface area contributed by atoms with Gasteiger partial charge in [0.1, 0.15) is 0 Å². The first kappa shape index (κ1) is 24.9. The van der Waals surface area contributed by atoms with Gasteiger partial charge >= 0.3 is 0 Å². The van der Waals surface area contributed by atoms with Crippen molar-refractivity contribution in [1.29, 1.82) is 0 Å². The minimum atomic E-state index is -0.378. The van der Waals surface area contributed by atoms with Gasteiger partial charge in [0.15, 0.2) is 0 Å². The largest absolute Gasteiger partial charge is 0.318 e. The van der Waals surface area contributed by atoms with E-state index in [-0.39, 0.29) is 10.6 Å². The van der Waals surface area contributed by atoms with Gasteiger partial charge in [-0.05, 0) is 63.9 Å². The third kappa shape index (κ3) is 5.34. The van der Waals surface area contributed by atoms with Crippen molar-refractivity contribution in [3.05, 3.63) is 97.4 Å². The zero-order chi connectivity index (χ0) is 25.9. The van der Waals surface area contributed by atoms with Crippen LogP contribution in [0.5, 0.6) is 0 Å². The fourth-order valence-electron chi connectivity index (χ4n) is 4.95. The van der Waals surface area contributed by atoms with Gasteiger partial charge in [0.2, 0.25) is 4.80 Å². The lowest BCUT2D eigenvalue weighted by Crippen LogP contribution is -2.19. The van der Waals surface area contributed by atoms with Gasteiger partial charge in [-0.3, -0.25) is 15.1 Å². The Morgan fingerprint density at radius 3 is 2.38 bits per heavy atom. The molecule has 0 atom stereocenters. The number of non-ortho nitro benzene ring substituents is 1. The van der Waals surface area contributed by atoms with E-state index in [1.165, 1.54) is 37.0 Å². The van der Waals surface area contributed by atoms with E-state index in [0.29, 0.717) is 6.04 Å². The number of aromatic nitrogens is 2. The van der Waals surface area contributed by atoms with Crippen LogP contribution in [0.25, 0.3) is 16.9 Å². The molecule has 7 nitrogen and oxygen atoms in total. The van der Waals surface area contributed by atoms with Crippen LogP contribution in [0.15, 0.2) is 70.1 Å². The Balaban J connectivity index is 1.56. The molecule has 0 spiro atoms. The molecule has 0 N–H and O–H groups in total. The standard InChI is InChI=1S/C29H31N5O2S/c1-20-9-13-26(14-10-20)32-21(2)17-24(22(32)3)18-30-33-28(23-11-15-27(16-12-23)34(35)36)19-37-29(33)31-25-7-5-4-6-8-25/h9-19,25H,4-8H2,1-3H3. The van der Waals surface area contributed by atoms with Crippen LogP contribution in [-0.2, 0) is 0 Å². The van der Waals surface area contributed by atoms with Crippen LogP contribution >= 0.6 is 11.3 Å². The van der Waals surface area contributed by atoms with Crippen molar-refractivity contribution in [2.75, 3.05) is 0 Å². The normalized spacial score (nSPS) is 15.1. The Morgan fingerprint density at radius 1 is 1.00 bits per heavy atom. The molecule has 1 fully saturated rings. The van der Waals surface area contributed by atoms with Crippen LogP contribution in [0.1, 0.15) is 54.6 Å². The molecular formula is C29H31N5O2S. The van der Waals surface area contributed by atoms with E-state index < -0.39 is 0 Å². The lowest BCUT2D eigenvalue weighted by Gasteiger charge is -2.16. The smallest absolute Gasteiger partial charge is 0.269 e. The number of benzene rings is 2. The number of aryl methyl sites for hydroxylation is 2. The summed E-state index contributed by atoms with van der Waals surface area (Å²) in [5.41, 5.74) is 7.47. The summed E-state index contributed by atoms with van der Waals surface area (Å²) in [5, 5.41) is 18.1. The van der Waals surface area contributed by atoms with Crippen LogP contribution in [0, 0.1) is 30.9 Å². The van der Waals surface area contributed by atoms with Gasteiger partial charge in [-0.25, -0.2) is 4.68 Å². The molecule has 4 aromatic rings. The molecule has 190 valence electrons. The summed E-state index contributed by atoms with van der Waals surface area (Å²) in [4.78, 5) is 16.7. The van der Waals surface area contributed by atoms with Crippen LogP contribution in [0.4, 0.5) is 5.69 Å². The SMILES string of the molecule is Cc1ccc(-n2c(C)cc(C=Nn3c(-c4ccc([N+](=O)[O-])cc4)csc3=NC3CCCCC3)c2C)cc1. The van der Waals surface area contributed by atoms with E-state index >= 15 is 0 Å². The number of nitro benzene ring substituents is 1. The zero-order valence-electron chi connectivity index (χ0n) is 21.4. The molecule has 0 bridgehead atoms. The first-order valence-electron chi connectivity index (χ1n) is 12.7. The maximum atomic E-state index is 11.1. The van der Waals surface area contributed by atoms with Crippen LogP contribution < -0.4 is 4.80 Å². The van der Waals surface area contributed by atoms with E-state index in [1.54, 1.807) is 23.5 Å². The highest BCUT2D eigenvalue weighted by Gasteiger charge is 2.15. The molecule has 1 aliphatic carbocycles. The number of hydrogen-bond acceptors (Lipinski definition) is 5. The zero-order valence-corrected chi connectivity index (χ0v) is 22.2. The monoisotopic (exact) mass is 513 g/mol. The first-order valence-corrected chi connectivity index (χ1v) is 13.6. The predicted octanol–water partition coefficient (Wildman–Crippen LogP) is 6.96. The number of thiazole rings is 1. The molecule has 1 saturated carbocycles. The number of nitrogens with zero attached hydrogens (tertiary/aromatic N) is 5. The van der Waals surface area contributed by atoms with Gasteiger partial charge in [0.25, 0.3) is 5.69 Å². The predicted molar refractivity (Wildman–Crippen MR) is 150 cm³/mol. The molecule has 0 unspecified atom stereocenters. The highest BCUT2D eigenvalue weighted by molar-refractivity contribution is 7.07. The van der Waals surface area contributed by atoms with E-state index in [0.717, 1.165) is 51.5 Å². The van der Waals surface area contributed by atoms with E-state index in [1.807, 2.05) is 16.3 Å². The topological polar surface area (TPSA) is 77.7 Å². The molecule has 0 radical (unpaired) electrons. The van der Waals surface area contributed by atoms with Crippen molar-refractivity contribution in [3.8, 4) is 16.9 Å². The summed E-state index contributed by atoms with van der Waals surface area (Å²) in [6, 6.07) is 17.6. The van der Waals surface area contributed by atoms with Gasteiger partial charge in [0.05, 0.1) is 22.9 Å². The average molecular weight is 514 g/mol. The van der Waals surface area contributed by atoms with Crippen molar-refractivity contribution >= 4 is 23.2 Å². The minimum absolute atomic E-state index is 0.0738. The highest BCUT2D eigenvalue weighted by atomic mass is 32.1. The lowest BCUT2D eigenvalue weighted by atomic mass is 9.96. The number of nitro groups is 1. The molecule has 1 aliphatic rings. The Labute approximate surface area is 220 Å². The molecule has 0 saturated heterocycles. The molecule has 37 heavy (non-hydrogen) atoms. The second kappa shape index (κ2) is 10.7. The third-order valence-electron chi connectivity index (χ3n) is 7.00. The Bertz CT molecular complexity index is 1500. The maximum Gasteiger partial charge on any atom is 0.269 e. The van der Waals surface area contributed by atoms with Crippen LogP contribution in [-0.4, -0.2) is 26.4 Å². The number of hydrogen-bond donors (Lipinski definition) is 0. The fourth-order valence-corrected chi connectivity index (χ4v) is 5.86. The van der Waals surface area contributed by atoms with Crippen LogP contribution in [0.3, 0.4) is 0 Å². The first-order chi connectivity index (χ1) is 17.9. The fraction of sp³-hybridized carbons (Fsp3) is 0.310. The van der Waals surface area contributed by atoms with E-state index in [9.17, 15) is 10.1 Å². The summed E-state index contributed by atoms with van der Waals surface area (Å²) in [6.45, 7) is 6.30. The van der Waals surface area contributed by atoms with Crippen molar-refractivity contribution in [2.24, 2.45) is 10.1 Å². The summed E-state index contributed by atoms with van der Waals surface area (Å²) in [7, 11) is 0. The molecule has 0 aliphatic heterocycles. The van der Waals surface area contributed by atoms with Crippen molar-refractivity contribution in [1.82, 2.24) is 9.24 Å². The molecular weight excluding hydrogens is 482 g/mol. The summed E-state index contributed by atoms with van der Waals surface area (Å²) < 4.78 is 4.13. The molecule has 2 aromatic carbocycles.